The second-order valence-corrected chi connectivity index (χ2v) is 9.37. The van der Waals surface area contributed by atoms with Gasteiger partial charge in [-0.2, -0.15) is 0 Å². The molecule has 0 unspecified atom stereocenters. The van der Waals surface area contributed by atoms with E-state index >= 15 is 0 Å². The van der Waals surface area contributed by atoms with E-state index in [0.717, 1.165) is 42.9 Å². The molecule has 0 spiro atoms. The maximum Gasteiger partial charge on any atom is 0.268 e. The number of likely N-dealkylation sites (tertiary alicyclic amines) is 1. The van der Waals surface area contributed by atoms with Crippen LogP contribution in [0.25, 0.3) is 0 Å². The summed E-state index contributed by atoms with van der Waals surface area (Å²) in [4.78, 5) is 20.5. The molecule has 0 N–H and O–H groups in total. The van der Waals surface area contributed by atoms with Gasteiger partial charge in [0.2, 0.25) is 0 Å². The van der Waals surface area contributed by atoms with Crippen molar-refractivity contribution in [1.29, 1.82) is 0 Å². The summed E-state index contributed by atoms with van der Waals surface area (Å²) < 4.78 is 0. The van der Waals surface area contributed by atoms with Crippen LogP contribution in [-0.2, 0) is 12.8 Å². The van der Waals surface area contributed by atoms with Crippen molar-refractivity contribution in [2.75, 3.05) is 25.0 Å². The molecule has 1 aromatic carbocycles. The second kappa shape index (κ2) is 6.21. The van der Waals surface area contributed by atoms with Crippen molar-refractivity contribution < 1.29 is 4.79 Å². The first-order valence-electron chi connectivity index (χ1n) is 9.86. The van der Waals surface area contributed by atoms with Gasteiger partial charge in [-0.15, -0.1) is 11.3 Å². The summed E-state index contributed by atoms with van der Waals surface area (Å²) in [6.45, 7) is 4.27. The number of hydrogen-bond donors (Lipinski definition) is 0. The lowest BCUT2D eigenvalue weighted by Crippen LogP contribution is -2.47. The topological polar surface area (TPSA) is 23.6 Å². The van der Waals surface area contributed by atoms with E-state index < -0.39 is 0 Å². The Hall–Kier alpha value is -1.65. The molecule has 0 radical (unpaired) electrons. The molecule has 3 heterocycles. The number of carbonyl (C=O) groups excluding carboxylic acids is 1. The van der Waals surface area contributed by atoms with E-state index in [2.05, 4.69) is 48.0 Å². The van der Waals surface area contributed by atoms with E-state index in [9.17, 15) is 4.79 Å². The highest BCUT2D eigenvalue weighted by atomic mass is 32.1. The minimum atomic E-state index is 0.228. The van der Waals surface area contributed by atoms with Crippen molar-refractivity contribution in [1.82, 2.24) is 4.90 Å². The highest BCUT2D eigenvalue weighted by Gasteiger charge is 2.44. The zero-order chi connectivity index (χ0) is 17.8. The van der Waals surface area contributed by atoms with Crippen LogP contribution in [0.5, 0.6) is 0 Å². The van der Waals surface area contributed by atoms with Gasteiger partial charge in [-0.1, -0.05) is 17.7 Å². The molecule has 1 saturated heterocycles. The Morgan fingerprint density at radius 3 is 2.88 bits per heavy atom. The van der Waals surface area contributed by atoms with Crippen LogP contribution in [0.2, 0.25) is 0 Å². The third-order valence-corrected chi connectivity index (χ3v) is 7.60. The number of anilines is 1. The minimum Gasteiger partial charge on any atom is -0.306 e. The van der Waals surface area contributed by atoms with Crippen LogP contribution in [0.15, 0.2) is 24.3 Å². The van der Waals surface area contributed by atoms with Gasteiger partial charge in [0.25, 0.3) is 5.91 Å². The van der Waals surface area contributed by atoms with E-state index in [-0.39, 0.29) is 5.91 Å². The van der Waals surface area contributed by atoms with Gasteiger partial charge in [0, 0.05) is 29.1 Å². The number of nitrogens with zero attached hydrogens (tertiary/aromatic N) is 2. The molecule has 2 aliphatic heterocycles. The Morgan fingerprint density at radius 2 is 2.04 bits per heavy atom. The molecular formula is C22H26N2OS. The first-order chi connectivity index (χ1) is 12.6. The Morgan fingerprint density at radius 1 is 1.19 bits per heavy atom. The number of benzene rings is 1. The Bertz CT molecular complexity index is 848. The fraction of sp³-hybridized carbons (Fsp3) is 0.500. The number of fused-ring (bicyclic) bond motifs is 4. The molecular weight excluding hydrogens is 340 g/mol. The van der Waals surface area contributed by atoms with Crippen molar-refractivity contribution >= 4 is 22.9 Å². The van der Waals surface area contributed by atoms with E-state index in [0.29, 0.717) is 12.0 Å². The molecule has 5 rings (SSSR count). The van der Waals surface area contributed by atoms with Gasteiger partial charge in [0.1, 0.15) is 0 Å². The van der Waals surface area contributed by atoms with Crippen molar-refractivity contribution in [3.63, 3.8) is 0 Å². The van der Waals surface area contributed by atoms with Crippen molar-refractivity contribution in [3.05, 3.63) is 50.7 Å². The molecule has 0 bridgehead atoms. The van der Waals surface area contributed by atoms with E-state index in [1.54, 1.807) is 11.3 Å². The number of amides is 1. The zero-order valence-corrected chi connectivity index (χ0v) is 16.4. The molecule has 3 nitrogen and oxygen atoms in total. The predicted octanol–water partition coefficient (Wildman–Crippen LogP) is 4.38. The summed E-state index contributed by atoms with van der Waals surface area (Å²) in [5.41, 5.74) is 5.23. The average molecular weight is 367 g/mol. The molecule has 1 aromatic heterocycles. The Kier molecular flexibility index (Phi) is 3.94. The maximum absolute atomic E-state index is 13.6. The van der Waals surface area contributed by atoms with Crippen LogP contribution < -0.4 is 4.90 Å². The second-order valence-electron chi connectivity index (χ2n) is 8.23. The standard InChI is InChI=1S/C22H26N2OS/c1-14-7-8-18-16(11-14)17-13-23(2)10-9-19(17)24(18)22(25)21-12-15-5-3-4-6-20(15)26-21/h7-8,11-12,17,19H,3-6,9-10,13H2,1-2H3/t17-,19+/m1/s1. The fourth-order valence-corrected chi connectivity index (χ4v) is 6.25. The van der Waals surface area contributed by atoms with Crippen LogP contribution >= 0.6 is 11.3 Å². The van der Waals surface area contributed by atoms with Crippen molar-refractivity contribution in [2.24, 2.45) is 0 Å². The summed E-state index contributed by atoms with van der Waals surface area (Å²) in [6.07, 6.45) is 5.89. The molecule has 1 fully saturated rings. The number of hydrogen-bond acceptors (Lipinski definition) is 3. The Balaban J connectivity index is 1.55. The van der Waals surface area contributed by atoms with Crippen LogP contribution in [0.3, 0.4) is 0 Å². The molecule has 136 valence electrons. The van der Waals surface area contributed by atoms with E-state index in [1.807, 2.05) is 0 Å². The average Bonchev–Trinajstić information content (AvgIpc) is 3.20. The van der Waals surface area contributed by atoms with Crippen LogP contribution in [-0.4, -0.2) is 37.0 Å². The molecule has 1 aliphatic carbocycles. The smallest absolute Gasteiger partial charge is 0.268 e. The van der Waals surface area contributed by atoms with Crippen molar-refractivity contribution in [2.45, 2.75) is 51.0 Å². The third kappa shape index (κ3) is 2.54. The van der Waals surface area contributed by atoms with Gasteiger partial charge in [0.15, 0.2) is 0 Å². The lowest BCUT2D eigenvalue weighted by Gasteiger charge is -2.36. The molecule has 2 atom stereocenters. The van der Waals surface area contributed by atoms with Gasteiger partial charge >= 0.3 is 0 Å². The molecule has 4 heteroatoms. The van der Waals surface area contributed by atoms with Crippen LogP contribution in [0.1, 0.15) is 56.4 Å². The number of carbonyl (C=O) groups is 1. The van der Waals surface area contributed by atoms with Gasteiger partial charge in [-0.25, -0.2) is 0 Å². The summed E-state index contributed by atoms with van der Waals surface area (Å²) in [7, 11) is 2.20. The molecule has 0 saturated carbocycles. The fourth-order valence-electron chi connectivity index (χ4n) is 5.06. The molecule has 1 amide bonds. The summed E-state index contributed by atoms with van der Waals surface area (Å²) in [5, 5.41) is 0. The summed E-state index contributed by atoms with van der Waals surface area (Å²) in [5.74, 6) is 0.675. The number of thiophene rings is 1. The number of aryl methyl sites for hydroxylation is 3. The third-order valence-electron chi connectivity index (χ3n) is 6.38. The van der Waals surface area contributed by atoms with Gasteiger partial charge in [0.05, 0.1) is 4.88 Å². The normalized spacial score (nSPS) is 24.9. The van der Waals surface area contributed by atoms with Crippen molar-refractivity contribution in [3.8, 4) is 0 Å². The first kappa shape index (κ1) is 16.5. The monoisotopic (exact) mass is 366 g/mol. The minimum absolute atomic E-state index is 0.228. The number of likely N-dealkylation sites (N-methyl/N-ethyl adjacent to an activating group) is 1. The summed E-state index contributed by atoms with van der Waals surface area (Å²) in [6, 6.07) is 9.14. The van der Waals surface area contributed by atoms with E-state index in [1.165, 1.54) is 34.4 Å². The lowest BCUT2D eigenvalue weighted by molar-refractivity contribution is 0.0968. The number of piperidine rings is 1. The van der Waals surface area contributed by atoms with E-state index in [4.69, 9.17) is 0 Å². The predicted molar refractivity (Wildman–Crippen MR) is 108 cm³/mol. The SMILES string of the molecule is Cc1ccc2c(c1)[C@H]1CN(C)CC[C@@H]1N2C(=O)c1cc2c(s1)CCCC2. The molecule has 2 aromatic rings. The van der Waals surface area contributed by atoms with Crippen LogP contribution in [0, 0.1) is 6.92 Å². The highest BCUT2D eigenvalue weighted by molar-refractivity contribution is 7.14. The number of rotatable bonds is 1. The van der Waals surface area contributed by atoms with Gasteiger partial charge in [-0.05, 0) is 75.9 Å². The lowest BCUT2D eigenvalue weighted by atomic mass is 9.89. The molecule has 3 aliphatic rings. The quantitative estimate of drug-likeness (QED) is 0.748. The maximum atomic E-state index is 13.6. The Labute approximate surface area is 159 Å². The largest absolute Gasteiger partial charge is 0.306 e. The zero-order valence-electron chi connectivity index (χ0n) is 15.6. The van der Waals surface area contributed by atoms with Gasteiger partial charge < -0.3 is 9.80 Å². The first-order valence-corrected chi connectivity index (χ1v) is 10.7. The summed E-state index contributed by atoms with van der Waals surface area (Å²) >= 11 is 1.75. The van der Waals surface area contributed by atoms with Gasteiger partial charge in [-0.3, -0.25) is 4.79 Å². The highest BCUT2D eigenvalue weighted by Crippen LogP contribution is 2.46. The molecule has 26 heavy (non-hydrogen) atoms. The van der Waals surface area contributed by atoms with Crippen LogP contribution in [0.4, 0.5) is 5.69 Å².